The fraction of sp³-hybridized carbons (Fsp3) is 0.600. The largest absolute Gasteiger partial charge is 0.343 e. The van der Waals surface area contributed by atoms with E-state index in [1.807, 2.05) is 21.9 Å². The normalized spacial score (nSPS) is 27.5. The molecule has 5 heteroatoms. The summed E-state index contributed by atoms with van der Waals surface area (Å²) in [5.74, 6) is 0.682. The van der Waals surface area contributed by atoms with Crippen molar-refractivity contribution in [3.8, 4) is 0 Å². The molecule has 2 amide bonds. The molecule has 3 atom stereocenters. The summed E-state index contributed by atoms with van der Waals surface area (Å²) in [6.07, 6.45) is 2.81. The lowest BCUT2D eigenvalue weighted by Crippen LogP contribution is -2.58. The topological polar surface area (TPSA) is 52.7 Å². The number of hydrogen-bond donors (Lipinski definition) is 1. The average molecular weight is 343 g/mol. The first kappa shape index (κ1) is 17.9. The van der Waals surface area contributed by atoms with E-state index >= 15 is 0 Å². The summed E-state index contributed by atoms with van der Waals surface area (Å²) < 4.78 is 0. The van der Waals surface area contributed by atoms with Crippen LogP contribution < -0.4 is 10.2 Å². The van der Waals surface area contributed by atoms with E-state index in [-0.39, 0.29) is 17.9 Å². The number of benzene rings is 1. The van der Waals surface area contributed by atoms with Gasteiger partial charge in [0.1, 0.15) is 0 Å². The first-order valence-electron chi connectivity index (χ1n) is 9.35. The van der Waals surface area contributed by atoms with E-state index in [4.69, 9.17) is 0 Å². The molecule has 1 aromatic carbocycles. The van der Waals surface area contributed by atoms with Gasteiger partial charge in [-0.3, -0.25) is 9.59 Å². The van der Waals surface area contributed by atoms with Crippen LogP contribution in [0.1, 0.15) is 38.7 Å². The molecule has 5 nitrogen and oxygen atoms in total. The second-order valence-electron chi connectivity index (χ2n) is 7.52. The molecule has 25 heavy (non-hydrogen) atoms. The van der Waals surface area contributed by atoms with E-state index in [1.165, 1.54) is 5.56 Å². The van der Waals surface area contributed by atoms with Gasteiger partial charge < -0.3 is 15.1 Å². The van der Waals surface area contributed by atoms with E-state index in [9.17, 15) is 9.59 Å². The van der Waals surface area contributed by atoms with Crippen molar-refractivity contribution in [2.45, 2.75) is 52.1 Å². The van der Waals surface area contributed by atoms with Crippen molar-refractivity contribution in [1.82, 2.24) is 10.2 Å². The summed E-state index contributed by atoms with van der Waals surface area (Å²) in [4.78, 5) is 28.3. The van der Waals surface area contributed by atoms with Crippen molar-refractivity contribution >= 4 is 17.5 Å². The van der Waals surface area contributed by atoms with Crippen LogP contribution in [0.4, 0.5) is 5.69 Å². The zero-order chi connectivity index (χ0) is 18.0. The lowest BCUT2D eigenvalue weighted by Gasteiger charge is -2.40. The summed E-state index contributed by atoms with van der Waals surface area (Å²) in [6.45, 7) is 8.19. The minimum absolute atomic E-state index is 0.119. The number of rotatable bonds is 3. The Balaban J connectivity index is 1.64. The second kappa shape index (κ2) is 7.56. The Hall–Kier alpha value is -1.88. The number of carbonyl (C=O) groups excluding carboxylic acids is 2. The van der Waals surface area contributed by atoms with E-state index in [0.717, 1.165) is 44.6 Å². The zero-order valence-electron chi connectivity index (χ0n) is 15.5. The lowest BCUT2D eigenvalue weighted by atomic mass is 9.91. The van der Waals surface area contributed by atoms with Crippen LogP contribution in [0, 0.1) is 12.8 Å². The molecule has 2 saturated heterocycles. The van der Waals surface area contributed by atoms with Crippen molar-refractivity contribution in [2.75, 3.05) is 24.5 Å². The first-order valence-corrected chi connectivity index (χ1v) is 9.35. The summed E-state index contributed by atoms with van der Waals surface area (Å²) in [5, 5.41) is 3.60. The monoisotopic (exact) mass is 343 g/mol. The third-order valence-electron chi connectivity index (χ3n) is 5.55. The van der Waals surface area contributed by atoms with Crippen molar-refractivity contribution < 1.29 is 9.59 Å². The number of hydrogen-bond acceptors (Lipinski definition) is 3. The third kappa shape index (κ3) is 4.03. The number of nitrogens with zero attached hydrogens (tertiary/aromatic N) is 2. The number of aryl methyl sites for hydroxylation is 1. The van der Waals surface area contributed by atoms with E-state index in [0.29, 0.717) is 12.0 Å². The van der Waals surface area contributed by atoms with Crippen LogP contribution in [0.25, 0.3) is 0 Å². The molecular formula is C20H29N3O2. The highest BCUT2D eigenvalue weighted by atomic mass is 16.2. The van der Waals surface area contributed by atoms with Crippen LogP contribution in [-0.4, -0.2) is 48.4 Å². The van der Waals surface area contributed by atoms with Crippen LogP contribution in [0.5, 0.6) is 0 Å². The molecule has 1 aromatic rings. The highest BCUT2D eigenvalue weighted by molar-refractivity contribution is 5.98. The Kier molecular flexibility index (Phi) is 5.42. The fourth-order valence-electron chi connectivity index (χ4n) is 3.95. The number of amides is 2. The van der Waals surface area contributed by atoms with Gasteiger partial charge in [0.05, 0.1) is 6.04 Å². The highest BCUT2D eigenvalue weighted by Crippen LogP contribution is 2.24. The minimum Gasteiger partial charge on any atom is -0.343 e. The average Bonchev–Trinajstić information content (AvgIpc) is 2.59. The van der Waals surface area contributed by atoms with Crippen LogP contribution in [0.2, 0.25) is 0 Å². The number of piperidine rings is 2. The Morgan fingerprint density at radius 3 is 2.52 bits per heavy atom. The molecule has 0 spiro atoms. The van der Waals surface area contributed by atoms with Gasteiger partial charge in [0, 0.05) is 38.3 Å². The lowest BCUT2D eigenvalue weighted by molar-refractivity contribution is -0.131. The molecule has 0 bridgehead atoms. The number of likely N-dealkylation sites (tertiary alicyclic amines) is 1. The maximum Gasteiger partial charge on any atom is 0.244 e. The molecule has 136 valence electrons. The Morgan fingerprint density at radius 2 is 1.88 bits per heavy atom. The molecule has 0 radical (unpaired) electrons. The zero-order valence-corrected chi connectivity index (χ0v) is 15.5. The van der Waals surface area contributed by atoms with E-state index in [2.05, 4.69) is 31.3 Å². The number of nitrogens with one attached hydrogen (secondary N) is 1. The molecule has 2 aliphatic heterocycles. The van der Waals surface area contributed by atoms with Gasteiger partial charge in [-0.25, -0.2) is 0 Å². The van der Waals surface area contributed by atoms with E-state index < -0.39 is 0 Å². The summed E-state index contributed by atoms with van der Waals surface area (Å²) >= 11 is 0. The molecule has 2 aliphatic rings. The standard InChI is InChI=1S/C20H29N3O2/c1-14-6-8-17(9-7-14)23-11-4-5-19(20(23)25)21-18-10-12-22(16(3)24)13-15(18)2/h6-9,15,18-19,21H,4-5,10-13H2,1-3H3. The van der Waals surface area contributed by atoms with Crippen molar-refractivity contribution in [3.63, 3.8) is 0 Å². The fourth-order valence-corrected chi connectivity index (χ4v) is 3.95. The molecule has 3 rings (SSSR count). The molecule has 3 unspecified atom stereocenters. The smallest absolute Gasteiger partial charge is 0.244 e. The van der Waals surface area contributed by atoms with Gasteiger partial charge in [0.25, 0.3) is 0 Å². The third-order valence-corrected chi connectivity index (χ3v) is 5.55. The predicted octanol–water partition coefficient (Wildman–Crippen LogP) is 2.34. The first-order chi connectivity index (χ1) is 12.0. The summed E-state index contributed by atoms with van der Waals surface area (Å²) in [7, 11) is 0. The molecule has 0 saturated carbocycles. The van der Waals surface area contributed by atoms with Crippen LogP contribution in [0.15, 0.2) is 24.3 Å². The maximum absolute atomic E-state index is 13.0. The molecule has 1 N–H and O–H groups in total. The highest BCUT2D eigenvalue weighted by Gasteiger charge is 2.34. The Labute approximate surface area is 150 Å². The van der Waals surface area contributed by atoms with E-state index in [1.54, 1.807) is 6.92 Å². The molecule has 2 heterocycles. The van der Waals surface area contributed by atoms with Crippen molar-refractivity contribution in [3.05, 3.63) is 29.8 Å². The molecule has 2 fully saturated rings. The van der Waals surface area contributed by atoms with Crippen LogP contribution in [-0.2, 0) is 9.59 Å². The second-order valence-corrected chi connectivity index (χ2v) is 7.52. The Bertz CT molecular complexity index is 628. The van der Waals surface area contributed by atoms with Crippen molar-refractivity contribution in [2.24, 2.45) is 5.92 Å². The molecular weight excluding hydrogens is 314 g/mol. The van der Waals surface area contributed by atoms with Gasteiger partial charge in [-0.05, 0) is 44.2 Å². The molecule has 0 aromatic heterocycles. The SMILES string of the molecule is CC(=O)N1CCC(NC2CCCN(c3ccc(C)cc3)C2=O)C(C)C1. The molecule has 0 aliphatic carbocycles. The maximum atomic E-state index is 13.0. The van der Waals surface area contributed by atoms with Gasteiger partial charge >= 0.3 is 0 Å². The summed E-state index contributed by atoms with van der Waals surface area (Å²) in [6, 6.07) is 8.35. The predicted molar refractivity (Wildman–Crippen MR) is 99.5 cm³/mol. The van der Waals surface area contributed by atoms with Gasteiger partial charge in [-0.1, -0.05) is 24.6 Å². The van der Waals surface area contributed by atoms with Gasteiger partial charge in [0.15, 0.2) is 0 Å². The quantitative estimate of drug-likeness (QED) is 0.916. The number of anilines is 1. The van der Waals surface area contributed by atoms with Crippen LogP contribution >= 0.6 is 0 Å². The van der Waals surface area contributed by atoms with Crippen LogP contribution in [0.3, 0.4) is 0 Å². The summed E-state index contributed by atoms with van der Waals surface area (Å²) in [5.41, 5.74) is 2.19. The van der Waals surface area contributed by atoms with Gasteiger partial charge in [-0.2, -0.15) is 0 Å². The number of carbonyl (C=O) groups is 2. The van der Waals surface area contributed by atoms with Gasteiger partial charge in [-0.15, -0.1) is 0 Å². The minimum atomic E-state index is -0.119. The Morgan fingerprint density at radius 1 is 1.16 bits per heavy atom. The van der Waals surface area contributed by atoms with Gasteiger partial charge in [0.2, 0.25) is 11.8 Å². The van der Waals surface area contributed by atoms with Crippen molar-refractivity contribution in [1.29, 1.82) is 0 Å².